The van der Waals surface area contributed by atoms with Gasteiger partial charge in [-0.2, -0.15) is 5.10 Å². The molecule has 0 saturated heterocycles. The summed E-state index contributed by atoms with van der Waals surface area (Å²) in [5, 5.41) is 4.31. The van der Waals surface area contributed by atoms with Crippen molar-refractivity contribution in [3.05, 3.63) is 11.8 Å². The molecule has 2 atom stereocenters. The van der Waals surface area contributed by atoms with Crippen LogP contribution >= 0.6 is 0 Å². The first-order valence-corrected chi connectivity index (χ1v) is 5.52. The lowest BCUT2D eigenvalue weighted by molar-refractivity contribution is 0.395. The van der Waals surface area contributed by atoms with Gasteiger partial charge in [0.1, 0.15) is 5.82 Å². The molecule has 2 unspecified atom stereocenters. The van der Waals surface area contributed by atoms with Crippen molar-refractivity contribution in [2.24, 2.45) is 17.8 Å². The maximum atomic E-state index is 5.72. The van der Waals surface area contributed by atoms with Gasteiger partial charge in [-0.25, -0.2) is 0 Å². The van der Waals surface area contributed by atoms with Gasteiger partial charge in [0.15, 0.2) is 0 Å². The minimum absolute atomic E-state index is 0.688. The average molecular weight is 191 g/mol. The second-order valence-corrected chi connectivity index (χ2v) is 5.01. The number of hydrogen-bond acceptors (Lipinski definition) is 2. The quantitative estimate of drug-likeness (QED) is 0.775. The van der Waals surface area contributed by atoms with Crippen molar-refractivity contribution >= 4 is 5.82 Å². The van der Waals surface area contributed by atoms with Crippen LogP contribution in [-0.4, -0.2) is 9.78 Å². The Balaban J connectivity index is 1.66. The number of hydrogen-bond donors (Lipinski definition) is 1. The van der Waals surface area contributed by atoms with E-state index in [4.69, 9.17) is 5.73 Å². The molecular formula is C11H17N3. The molecule has 0 spiro atoms. The summed E-state index contributed by atoms with van der Waals surface area (Å²) in [7, 11) is 0. The number of fused-ring (bicyclic) bond motifs is 1. The zero-order chi connectivity index (χ0) is 9.71. The summed E-state index contributed by atoms with van der Waals surface area (Å²) in [5.74, 6) is 3.67. The predicted octanol–water partition coefficient (Wildman–Crippen LogP) is 1.82. The fourth-order valence-electron chi connectivity index (χ4n) is 2.88. The molecule has 1 aromatic rings. The Morgan fingerprint density at radius 1 is 1.43 bits per heavy atom. The summed E-state index contributed by atoms with van der Waals surface area (Å²) < 4.78 is 2.03. The van der Waals surface area contributed by atoms with Crippen LogP contribution in [0.15, 0.2) is 6.20 Å². The molecule has 2 aliphatic rings. The van der Waals surface area contributed by atoms with E-state index in [2.05, 4.69) is 11.3 Å². The summed E-state index contributed by atoms with van der Waals surface area (Å²) in [6.07, 6.45) is 6.41. The van der Waals surface area contributed by atoms with Crippen molar-refractivity contribution in [3.63, 3.8) is 0 Å². The van der Waals surface area contributed by atoms with Crippen LogP contribution in [0.2, 0.25) is 0 Å². The third-order valence-electron chi connectivity index (χ3n) is 3.77. The van der Waals surface area contributed by atoms with E-state index in [1.165, 1.54) is 19.3 Å². The van der Waals surface area contributed by atoms with Gasteiger partial charge in [-0.15, -0.1) is 0 Å². The van der Waals surface area contributed by atoms with Crippen LogP contribution in [0.5, 0.6) is 0 Å². The molecule has 3 nitrogen and oxygen atoms in total. The van der Waals surface area contributed by atoms with E-state index in [9.17, 15) is 0 Å². The van der Waals surface area contributed by atoms with Crippen LogP contribution in [-0.2, 0) is 6.54 Å². The average Bonchev–Trinajstić information content (AvgIpc) is 2.60. The lowest BCUT2D eigenvalue weighted by Crippen LogP contribution is -2.09. The summed E-state index contributed by atoms with van der Waals surface area (Å²) in [6.45, 7) is 3.09. The summed E-state index contributed by atoms with van der Waals surface area (Å²) >= 11 is 0. The Hall–Kier alpha value is -0.990. The van der Waals surface area contributed by atoms with E-state index in [-0.39, 0.29) is 0 Å². The van der Waals surface area contributed by atoms with E-state index in [0.29, 0.717) is 5.82 Å². The second-order valence-electron chi connectivity index (χ2n) is 5.01. The van der Waals surface area contributed by atoms with E-state index in [1.54, 1.807) is 0 Å². The van der Waals surface area contributed by atoms with Crippen molar-refractivity contribution in [1.29, 1.82) is 0 Å². The van der Waals surface area contributed by atoms with Gasteiger partial charge in [0.05, 0.1) is 0 Å². The Labute approximate surface area is 84.3 Å². The van der Waals surface area contributed by atoms with Crippen molar-refractivity contribution in [2.45, 2.75) is 32.7 Å². The highest BCUT2D eigenvalue weighted by atomic mass is 15.3. The van der Waals surface area contributed by atoms with E-state index in [1.807, 2.05) is 11.6 Å². The first kappa shape index (κ1) is 8.33. The molecule has 0 bridgehead atoms. The van der Waals surface area contributed by atoms with Gasteiger partial charge in [-0.1, -0.05) is 0 Å². The first-order chi connectivity index (χ1) is 6.72. The minimum Gasteiger partial charge on any atom is -0.382 e. The Morgan fingerprint density at radius 3 is 2.71 bits per heavy atom. The van der Waals surface area contributed by atoms with Gasteiger partial charge in [0, 0.05) is 18.3 Å². The maximum absolute atomic E-state index is 5.72. The Morgan fingerprint density at radius 2 is 2.14 bits per heavy atom. The smallest absolute Gasteiger partial charge is 0.148 e. The molecule has 1 aromatic heterocycles. The van der Waals surface area contributed by atoms with Crippen LogP contribution in [0.1, 0.15) is 24.8 Å². The van der Waals surface area contributed by atoms with Gasteiger partial charge in [0.25, 0.3) is 0 Å². The molecule has 0 amide bonds. The first-order valence-electron chi connectivity index (χ1n) is 5.52. The number of nitrogen functional groups attached to an aromatic ring is 1. The Kier molecular flexibility index (Phi) is 1.64. The SMILES string of the molecule is Cc1cn(CC2CC3CC3C2)nc1N. The predicted molar refractivity (Wildman–Crippen MR) is 55.7 cm³/mol. The summed E-state index contributed by atoms with van der Waals surface area (Å²) in [4.78, 5) is 0. The van der Waals surface area contributed by atoms with Gasteiger partial charge >= 0.3 is 0 Å². The highest BCUT2D eigenvalue weighted by Crippen LogP contribution is 2.54. The van der Waals surface area contributed by atoms with Crippen molar-refractivity contribution in [2.75, 3.05) is 5.73 Å². The standard InChI is InChI=1S/C11H17N3/c1-7-5-14(13-11(7)12)6-8-2-9-4-10(9)3-8/h5,8-10H,2-4,6H2,1H3,(H2,12,13). The normalized spacial score (nSPS) is 34.5. The fraction of sp³-hybridized carbons (Fsp3) is 0.727. The molecule has 0 radical (unpaired) electrons. The fourth-order valence-corrected chi connectivity index (χ4v) is 2.88. The summed E-state index contributed by atoms with van der Waals surface area (Å²) in [5.41, 5.74) is 6.82. The van der Waals surface area contributed by atoms with Crippen molar-refractivity contribution < 1.29 is 0 Å². The molecule has 2 saturated carbocycles. The number of nitrogens with zero attached hydrogens (tertiary/aromatic N) is 2. The largest absolute Gasteiger partial charge is 0.382 e. The monoisotopic (exact) mass is 191 g/mol. The van der Waals surface area contributed by atoms with Gasteiger partial charge in [-0.05, 0) is 43.9 Å². The molecule has 3 rings (SSSR count). The third-order valence-corrected chi connectivity index (χ3v) is 3.77. The van der Waals surface area contributed by atoms with E-state index < -0.39 is 0 Å². The molecule has 2 fully saturated rings. The Bertz CT molecular complexity index is 326. The van der Waals surface area contributed by atoms with Gasteiger partial charge in [-0.3, -0.25) is 4.68 Å². The van der Waals surface area contributed by atoms with Gasteiger partial charge in [0.2, 0.25) is 0 Å². The molecule has 2 aliphatic carbocycles. The van der Waals surface area contributed by atoms with Crippen molar-refractivity contribution in [1.82, 2.24) is 9.78 Å². The molecule has 14 heavy (non-hydrogen) atoms. The third kappa shape index (κ3) is 1.31. The highest BCUT2D eigenvalue weighted by molar-refractivity contribution is 5.35. The lowest BCUT2D eigenvalue weighted by Gasteiger charge is -2.10. The number of anilines is 1. The van der Waals surface area contributed by atoms with Crippen LogP contribution in [0.25, 0.3) is 0 Å². The van der Waals surface area contributed by atoms with E-state index >= 15 is 0 Å². The lowest BCUT2D eigenvalue weighted by atomic mass is 10.0. The van der Waals surface area contributed by atoms with Crippen LogP contribution in [0.3, 0.4) is 0 Å². The zero-order valence-corrected chi connectivity index (χ0v) is 8.61. The molecule has 0 aromatic carbocycles. The van der Waals surface area contributed by atoms with Crippen LogP contribution < -0.4 is 5.73 Å². The molecule has 2 N–H and O–H groups in total. The second kappa shape index (κ2) is 2.75. The molecule has 1 heterocycles. The minimum atomic E-state index is 0.688. The van der Waals surface area contributed by atoms with Crippen molar-refractivity contribution in [3.8, 4) is 0 Å². The number of rotatable bonds is 2. The van der Waals surface area contributed by atoms with E-state index in [0.717, 1.165) is 29.9 Å². The zero-order valence-electron chi connectivity index (χ0n) is 8.61. The maximum Gasteiger partial charge on any atom is 0.148 e. The summed E-state index contributed by atoms with van der Waals surface area (Å²) in [6, 6.07) is 0. The molecule has 76 valence electrons. The number of aromatic nitrogens is 2. The molecular weight excluding hydrogens is 174 g/mol. The number of aryl methyl sites for hydroxylation is 1. The molecule has 0 aliphatic heterocycles. The highest BCUT2D eigenvalue weighted by Gasteiger charge is 2.45. The molecule has 3 heteroatoms. The number of nitrogens with two attached hydrogens (primary N) is 1. The topological polar surface area (TPSA) is 43.8 Å². The van der Waals surface area contributed by atoms with Crippen LogP contribution in [0, 0.1) is 24.7 Å². The van der Waals surface area contributed by atoms with Crippen LogP contribution in [0.4, 0.5) is 5.82 Å². The van der Waals surface area contributed by atoms with Gasteiger partial charge < -0.3 is 5.73 Å².